The molecule has 0 saturated heterocycles. The van der Waals surface area contributed by atoms with Crippen molar-refractivity contribution in [1.29, 1.82) is 0 Å². The van der Waals surface area contributed by atoms with Crippen molar-refractivity contribution in [2.45, 2.75) is 0 Å². The summed E-state index contributed by atoms with van der Waals surface area (Å²) in [5.74, 6) is 1.11. The lowest BCUT2D eigenvalue weighted by molar-refractivity contribution is 1.49. The molecule has 5 heteroatoms. The maximum Gasteiger partial charge on any atom is 0.160 e. The Bertz CT molecular complexity index is 1740. The number of nitrogens with zero attached hydrogens (tertiary/aromatic N) is 2. The maximum absolute atomic E-state index is 6.42. The van der Waals surface area contributed by atoms with Crippen LogP contribution in [-0.4, -0.2) is 11.7 Å². The van der Waals surface area contributed by atoms with E-state index < -0.39 is 0 Å². The van der Waals surface area contributed by atoms with Gasteiger partial charge in [0, 0.05) is 40.0 Å². The molecule has 0 fully saturated rings. The van der Waals surface area contributed by atoms with Gasteiger partial charge in [0.05, 0.1) is 0 Å². The van der Waals surface area contributed by atoms with Crippen LogP contribution in [0.15, 0.2) is 137 Å². The number of thiophene rings is 1. The summed E-state index contributed by atoms with van der Waals surface area (Å²) < 4.78 is 7.40. The highest BCUT2D eigenvalue weighted by atomic mass is 32.1. The summed E-state index contributed by atoms with van der Waals surface area (Å²) >= 11 is 1.80. The summed E-state index contributed by atoms with van der Waals surface area (Å²) in [6.45, 7) is 0. The molecule has 0 amide bonds. The van der Waals surface area contributed by atoms with Gasteiger partial charge in [-0.1, -0.05) is 115 Å². The van der Waals surface area contributed by atoms with E-state index >= 15 is 0 Å². The van der Waals surface area contributed by atoms with Gasteiger partial charge in [-0.2, -0.15) is 0 Å². The second-order valence-electron chi connectivity index (χ2n) is 8.67. The van der Waals surface area contributed by atoms with Crippen molar-refractivity contribution in [2.75, 3.05) is 0 Å². The molecule has 5 aromatic carbocycles. The van der Waals surface area contributed by atoms with Crippen molar-refractivity contribution in [1.82, 2.24) is 0 Å². The molecule has 0 saturated carbocycles. The van der Waals surface area contributed by atoms with E-state index in [-0.39, 0.29) is 8.73 Å². The first-order valence-corrected chi connectivity index (χ1v) is 13.8. The molecule has 6 rings (SSSR count). The Morgan fingerprint density at radius 3 is 1.95 bits per heavy atom. The average Bonchev–Trinajstić information content (AvgIpc) is 3.33. The first-order valence-electron chi connectivity index (χ1n) is 12.0. The first-order chi connectivity index (χ1) is 18.2. The first kappa shape index (κ1) is 23.3. The van der Waals surface area contributed by atoms with Crippen molar-refractivity contribution < 1.29 is 0 Å². The Kier molecular flexibility index (Phi) is 6.60. The molecule has 0 spiro atoms. The number of aliphatic imine (C=N–C) groups is 1. The van der Waals surface area contributed by atoms with Gasteiger partial charge in [-0.25, -0.2) is 9.76 Å². The summed E-state index contributed by atoms with van der Waals surface area (Å²) in [6, 6.07) is 43.8. The van der Waals surface area contributed by atoms with Gasteiger partial charge in [0.15, 0.2) is 5.84 Å². The summed E-state index contributed by atoms with van der Waals surface area (Å²) in [5, 5.41) is 3.67. The smallest absolute Gasteiger partial charge is 0.160 e. The van der Waals surface area contributed by atoms with Crippen LogP contribution in [0.3, 0.4) is 0 Å². The van der Waals surface area contributed by atoms with Crippen molar-refractivity contribution in [3.05, 3.63) is 139 Å². The third-order valence-electron chi connectivity index (χ3n) is 6.20. The van der Waals surface area contributed by atoms with Crippen LogP contribution < -0.4 is 11.0 Å². The summed E-state index contributed by atoms with van der Waals surface area (Å²) in [5.41, 5.74) is 10.7. The minimum Gasteiger partial charge on any atom is -0.383 e. The van der Waals surface area contributed by atoms with Crippen LogP contribution in [0.1, 0.15) is 11.1 Å². The third kappa shape index (κ3) is 5.08. The molecule has 0 radical (unpaired) electrons. The molecule has 178 valence electrons. The Balaban J connectivity index is 1.42. The van der Waals surface area contributed by atoms with Gasteiger partial charge in [-0.3, -0.25) is 0 Å². The van der Waals surface area contributed by atoms with Crippen LogP contribution in [-0.2, 0) is 0 Å². The number of benzene rings is 5. The lowest BCUT2D eigenvalue weighted by Crippen LogP contribution is -2.16. The quantitative estimate of drug-likeness (QED) is 0.143. The van der Waals surface area contributed by atoms with Gasteiger partial charge < -0.3 is 5.73 Å². The number of hydrogen-bond donors (Lipinski definition) is 1. The van der Waals surface area contributed by atoms with Gasteiger partial charge in [0.2, 0.25) is 0 Å². The van der Waals surface area contributed by atoms with Gasteiger partial charge >= 0.3 is 0 Å². The third-order valence-corrected chi connectivity index (χ3v) is 8.23. The Morgan fingerprint density at radius 2 is 1.22 bits per heavy atom. The molecule has 3 nitrogen and oxygen atoms in total. The minimum absolute atomic E-state index is 0.246. The number of rotatable bonds is 5. The number of hydrogen-bond acceptors (Lipinski definition) is 2. The maximum atomic E-state index is 6.42. The lowest BCUT2D eigenvalue weighted by atomic mass is 10.0. The molecule has 6 aromatic rings. The van der Waals surface area contributed by atoms with Crippen molar-refractivity contribution in [3.8, 4) is 11.1 Å². The fourth-order valence-corrected chi connectivity index (χ4v) is 6.24. The molecule has 0 bridgehead atoms. The Labute approximate surface area is 221 Å². The van der Waals surface area contributed by atoms with Crippen LogP contribution in [0.4, 0.5) is 0 Å². The summed E-state index contributed by atoms with van der Waals surface area (Å²) in [6.07, 6.45) is 0. The molecule has 1 aromatic heterocycles. The van der Waals surface area contributed by atoms with E-state index in [0.717, 1.165) is 16.4 Å². The minimum atomic E-state index is 0.246. The van der Waals surface area contributed by atoms with Crippen LogP contribution in [0.5, 0.6) is 0 Å². The Morgan fingerprint density at radius 1 is 0.595 bits per heavy atom. The molecule has 0 aliphatic carbocycles. The van der Waals surface area contributed by atoms with Gasteiger partial charge in [0.1, 0.15) is 5.84 Å². The van der Waals surface area contributed by atoms with Crippen LogP contribution in [0.2, 0.25) is 0 Å². The van der Waals surface area contributed by atoms with Gasteiger partial charge in [-0.05, 0) is 28.6 Å². The molecule has 0 aliphatic heterocycles. The highest BCUT2D eigenvalue weighted by Gasteiger charge is 2.11. The molecule has 0 aliphatic rings. The molecular weight excluding hydrogens is 489 g/mol. The zero-order chi connectivity index (χ0) is 25.0. The SMILES string of the molecule is N/C(=N\C(=N/Pc1ccccc1)c1ccc2c(c1)sc1cc(-c3ccccc3)ccc12)c1ccccc1. The predicted octanol–water partition coefficient (Wildman–Crippen LogP) is 7.79. The fraction of sp³-hybridized carbons (Fsp3) is 0. The van der Waals surface area contributed by atoms with E-state index in [1.807, 2.05) is 54.6 Å². The van der Waals surface area contributed by atoms with Crippen LogP contribution in [0, 0.1) is 0 Å². The molecular formula is C32H24N3PS. The number of nitrogens with two attached hydrogens (primary N) is 1. The monoisotopic (exact) mass is 513 g/mol. The highest BCUT2D eigenvalue weighted by Crippen LogP contribution is 2.37. The van der Waals surface area contributed by atoms with Crippen LogP contribution >= 0.6 is 20.1 Å². The summed E-state index contributed by atoms with van der Waals surface area (Å²) in [7, 11) is 0.246. The van der Waals surface area contributed by atoms with E-state index in [1.165, 1.54) is 31.3 Å². The van der Waals surface area contributed by atoms with E-state index in [4.69, 9.17) is 15.5 Å². The zero-order valence-corrected chi connectivity index (χ0v) is 21.8. The van der Waals surface area contributed by atoms with Crippen LogP contribution in [0.25, 0.3) is 31.3 Å². The summed E-state index contributed by atoms with van der Waals surface area (Å²) in [4.78, 5) is 4.80. The zero-order valence-electron chi connectivity index (χ0n) is 20.0. The second-order valence-corrected chi connectivity index (χ2v) is 10.8. The normalized spacial score (nSPS) is 12.6. The molecule has 1 atom stereocenters. The predicted molar refractivity (Wildman–Crippen MR) is 163 cm³/mol. The largest absolute Gasteiger partial charge is 0.383 e. The number of amidine groups is 2. The van der Waals surface area contributed by atoms with Crippen molar-refractivity contribution in [2.24, 2.45) is 15.5 Å². The standard InChI is InChI=1S/C32H24N3PS/c33-31(23-12-6-2-7-13-23)34-32(35-36-26-14-8-3-9-15-26)25-17-19-28-27-18-16-24(22-10-4-1-5-11-22)20-29(27)37-30(28)21-25/h1-21,36H,(H2,33,34,35). The molecule has 1 heterocycles. The fourth-order valence-electron chi connectivity index (χ4n) is 4.30. The van der Waals surface area contributed by atoms with Gasteiger partial charge in [0.25, 0.3) is 0 Å². The second kappa shape index (κ2) is 10.5. The Hall–Kier alpha value is -4.11. The van der Waals surface area contributed by atoms with Crippen molar-refractivity contribution in [3.63, 3.8) is 0 Å². The van der Waals surface area contributed by atoms with E-state index in [1.54, 1.807) is 11.3 Å². The van der Waals surface area contributed by atoms with Gasteiger partial charge in [-0.15, -0.1) is 11.3 Å². The number of fused-ring (bicyclic) bond motifs is 3. The average molecular weight is 514 g/mol. The molecule has 1 unspecified atom stereocenters. The molecule has 37 heavy (non-hydrogen) atoms. The highest BCUT2D eigenvalue weighted by molar-refractivity contribution is 7.46. The molecule has 2 N–H and O–H groups in total. The topological polar surface area (TPSA) is 50.7 Å². The van der Waals surface area contributed by atoms with Crippen molar-refractivity contribution >= 4 is 57.2 Å². The van der Waals surface area contributed by atoms with E-state index in [9.17, 15) is 0 Å². The van der Waals surface area contributed by atoms with E-state index in [2.05, 4.69) is 72.8 Å². The lowest BCUT2D eigenvalue weighted by Gasteiger charge is -2.06. The van der Waals surface area contributed by atoms with E-state index in [0.29, 0.717) is 11.7 Å².